The smallest absolute Gasteiger partial charge is 0.343 e. The number of ether oxygens (including phenoxy) is 1. The largest absolute Gasteiger partial charge is 0.506 e. The first-order valence-electron chi connectivity index (χ1n) is 5.36. The first-order chi connectivity index (χ1) is 8.67. The minimum Gasteiger partial charge on any atom is -0.506 e. The highest BCUT2D eigenvalue weighted by Crippen LogP contribution is 2.28. The maximum Gasteiger partial charge on any atom is 0.343 e. The topological polar surface area (TPSA) is 83.2 Å². The highest BCUT2D eigenvalue weighted by atomic mass is 16.5. The fraction of sp³-hybridized carbons (Fsp3) is 0.154. The van der Waals surface area contributed by atoms with Crippen molar-refractivity contribution >= 4 is 16.9 Å². The van der Waals surface area contributed by atoms with E-state index in [0.717, 1.165) is 0 Å². The molecule has 2 aromatic rings. The van der Waals surface area contributed by atoms with Crippen LogP contribution in [0, 0.1) is 11.3 Å². The van der Waals surface area contributed by atoms with Gasteiger partial charge in [0, 0.05) is 11.6 Å². The average molecular weight is 242 g/mol. The molecule has 0 saturated carbocycles. The molecule has 0 aliphatic rings. The summed E-state index contributed by atoms with van der Waals surface area (Å²) < 4.78 is 4.81. The summed E-state index contributed by atoms with van der Waals surface area (Å²) in [7, 11) is 0. The summed E-state index contributed by atoms with van der Waals surface area (Å²) in [5, 5.41) is 19.2. The van der Waals surface area contributed by atoms with E-state index in [0.29, 0.717) is 16.5 Å². The quantitative estimate of drug-likeness (QED) is 0.814. The third kappa shape index (κ3) is 1.96. The van der Waals surface area contributed by atoms with Gasteiger partial charge in [-0.15, -0.1) is 0 Å². The first kappa shape index (κ1) is 11.9. The molecule has 90 valence electrons. The van der Waals surface area contributed by atoms with Crippen molar-refractivity contribution in [2.24, 2.45) is 0 Å². The van der Waals surface area contributed by atoms with Crippen LogP contribution < -0.4 is 0 Å². The number of nitrogens with zero attached hydrogens (tertiary/aromatic N) is 2. The van der Waals surface area contributed by atoms with Crippen LogP contribution in [0.3, 0.4) is 0 Å². The third-order valence-corrected chi connectivity index (χ3v) is 2.46. The number of carbonyl (C=O) groups excluding carboxylic acids is 1. The molecule has 18 heavy (non-hydrogen) atoms. The number of hydrogen-bond acceptors (Lipinski definition) is 5. The number of benzene rings is 1. The van der Waals surface area contributed by atoms with Crippen LogP contribution in [0.25, 0.3) is 10.9 Å². The number of nitriles is 1. The number of esters is 1. The maximum atomic E-state index is 11.6. The van der Waals surface area contributed by atoms with E-state index in [9.17, 15) is 9.90 Å². The van der Waals surface area contributed by atoms with E-state index >= 15 is 0 Å². The Morgan fingerprint density at radius 3 is 3.00 bits per heavy atom. The number of hydrogen-bond donors (Lipinski definition) is 1. The van der Waals surface area contributed by atoms with Gasteiger partial charge in [-0.3, -0.25) is 4.98 Å². The molecule has 1 heterocycles. The van der Waals surface area contributed by atoms with Gasteiger partial charge in [-0.2, -0.15) is 5.26 Å². The average Bonchev–Trinajstić information content (AvgIpc) is 2.39. The molecule has 0 spiro atoms. The Balaban J connectivity index is 2.62. The van der Waals surface area contributed by atoms with Crippen LogP contribution in [0.1, 0.15) is 22.8 Å². The van der Waals surface area contributed by atoms with Gasteiger partial charge in [0.15, 0.2) is 0 Å². The SMILES string of the molecule is CCOC(=O)c1cnc2ccc(C#N)cc2c1O. The summed E-state index contributed by atoms with van der Waals surface area (Å²) in [6.07, 6.45) is 1.27. The fourth-order valence-electron chi connectivity index (χ4n) is 1.61. The fourth-order valence-corrected chi connectivity index (χ4v) is 1.61. The van der Waals surface area contributed by atoms with Gasteiger partial charge in [-0.05, 0) is 25.1 Å². The van der Waals surface area contributed by atoms with Crippen LogP contribution >= 0.6 is 0 Å². The Labute approximate surface area is 103 Å². The summed E-state index contributed by atoms with van der Waals surface area (Å²) in [6.45, 7) is 1.89. The van der Waals surface area contributed by atoms with Crippen molar-refractivity contribution in [2.75, 3.05) is 6.61 Å². The molecule has 0 bridgehead atoms. The summed E-state index contributed by atoms with van der Waals surface area (Å²) >= 11 is 0. The number of carbonyl (C=O) groups is 1. The predicted octanol–water partition coefficient (Wildman–Crippen LogP) is 1.99. The monoisotopic (exact) mass is 242 g/mol. The van der Waals surface area contributed by atoms with Crippen molar-refractivity contribution in [1.29, 1.82) is 5.26 Å². The molecule has 1 N–H and O–H groups in total. The molecule has 5 heteroatoms. The number of pyridine rings is 1. The van der Waals surface area contributed by atoms with E-state index in [1.54, 1.807) is 19.1 Å². The van der Waals surface area contributed by atoms with Crippen LogP contribution in [0.5, 0.6) is 5.75 Å². The van der Waals surface area contributed by atoms with Crippen molar-refractivity contribution in [2.45, 2.75) is 6.92 Å². The Kier molecular flexibility index (Phi) is 3.11. The van der Waals surface area contributed by atoms with Crippen LogP contribution in [0.15, 0.2) is 24.4 Å². The lowest BCUT2D eigenvalue weighted by Crippen LogP contribution is -2.05. The molecule has 1 aromatic heterocycles. The number of fused-ring (bicyclic) bond motifs is 1. The molecular weight excluding hydrogens is 232 g/mol. The normalized spacial score (nSPS) is 10.0. The second-order valence-electron chi connectivity index (χ2n) is 3.58. The van der Waals surface area contributed by atoms with Gasteiger partial charge >= 0.3 is 5.97 Å². The van der Waals surface area contributed by atoms with Gasteiger partial charge in [0.25, 0.3) is 0 Å². The van der Waals surface area contributed by atoms with Crippen LogP contribution in [-0.2, 0) is 4.74 Å². The van der Waals surface area contributed by atoms with Gasteiger partial charge in [0.2, 0.25) is 0 Å². The molecule has 0 aliphatic heterocycles. The van der Waals surface area contributed by atoms with Gasteiger partial charge in [-0.1, -0.05) is 0 Å². The van der Waals surface area contributed by atoms with Crippen LogP contribution in [0.2, 0.25) is 0 Å². The summed E-state index contributed by atoms with van der Waals surface area (Å²) in [4.78, 5) is 15.6. The van der Waals surface area contributed by atoms with E-state index in [1.807, 2.05) is 6.07 Å². The Morgan fingerprint density at radius 1 is 1.56 bits per heavy atom. The highest BCUT2D eigenvalue weighted by molar-refractivity contribution is 5.99. The molecule has 0 radical (unpaired) electrons. The maximum absolute atomic E-state index is 11.6. The zero-order chi connectivity index (χ0) is 13.1. The number of aromatic hydroxyl groups is 1. The van der Waals surface area contributed by atoms with Crippen molar-refractivity contribution in [3.8, 4) is 11.8 Å². The lowest BCUT2D eigenvalue weighted by atomic mass is 10.1. The van der Waals surface area contributed by atoms with E-state index in [4.69, 9.17) is 10.00 Å². The number of aromatic nitrogens is 1. The van der Waals surface area contributed by atoms with Crippen LogP contribution in [0.4, 0.5) is 0 Å². The number of rotatable bonds is 2. The molecule has 0 saturated heterocycles. The lowest BCUT2D eigenvalue weighted by Gasteiger charge is -2.06. The molecule has 1 aromatic carbocycles. The Bertz CT molecular complexity index is 659. The van der Waals surface area contributed by atoms with Crippen molar-refractivity contribution in [3.63, 3.8) is 0 Å². The summed E-state index contributed by atoms with van der Waals surface area (Å²) in [5.41, 5.74) is 0.902. The second-order valence-corrected chi connectivity index (χ2v) is 3.58. The van der Waals surface area contributed by atoms with E-state index in [2.05, 4.69) is 4.98 Å². The Hall–Kier alpha value is -2.61. The molecule has 5 nitrogen and oxygen atoms in total. The highest BCUT2D eigenvalue weighted by Gasteiger charge is 2.16. The molecule has 2 rings (SSSR count). The van der Waals surface area contributed by atoms with Gasteiger partial charge in [-0.25, -0.2) is 4.79 Å². The van der Waals surface area contributed by atoms with Gasteiger partial charge < -0.3 is 9.84 Å². The second kappa shape index (κ2) is 4.72. The molecule has 0 amide bonds. The minimum absolute atomic E-state index is 0.000519. The third-order valence-electron chi connectivity index (χ3n) is 2.46. The van der Waals surface area contributed by atoms with E-state index in [-0.39, 0.29) is 17.9 Å². The molecule has 0 unspecified atom stereocenters. The van der Waals surface area contributed by atoms with Crippen LogP contribution in [-0.4, -0.2) is 22.7 Å². The van der Waals surface area contributed by atoms with Gasteiger partial charge in [0.05, 0.1) is 23.8 Å². The van der Waals surface area contributed by atoms with Crippen molar-refractivity contribution in [3.05, 3.63) is 35.5 Å². The minimum atomic E-state index is -0.633. The van der Waals surface area contributed by atoms with Crippen molar-refractivity contribution in [1.82, 2.24) is 4.98 Å². The zero-order valence-electron chi connectivity index (χ0n) is 9.67. The first-order valence-corrected chi connectivity index (χ1v) is 5.36. The predicted molar refractivity (Wildman–Crippen MR) is 64.1 cm³/mol. The summed E-state index contributed by atoms with van der Waals surface area (Å²) in [5.74, 6) is -0.845. The van der Waals surface area contributed by atoms with E-state index in [1.165, 1.54) is 12.3 Å². The molecule has 0 atom stereocenters. The molecular formula is C13H10N2O3. The summed E-state index contributed by atoms with van der Waals surface area (Å²) in [6, 6.07) is 6.66. The molecule has 0 aliphatic carbocycles. The standard InChI is InChI=1S/C13H10N2O3/c1-2-18-13(17)10-7-15-11-4-3-8(6-14)5-9(11)12(10)16/h3-5,7H,2H2,1H3,(H,15,16). The van der Waals surface area contributed by atoms with E-state index < -0.39 is 5.97 Å². The molecule has 0 fully saturated rings. The van der Waals surface area contributed by atoms with Gasteiger partial charge in [0.1, 0.15) is 11.3 Å². The Morgan fingerprint density at radius 2 is 2.33 bits per heavy atom. The lowest BCUT2D eigenvalue weighted by molar-refractivity contribution is 0.0523. The zero-order valence-corrected chi connectivity index (χ0v) is 9.67. The van der Waals surface area contributed by atoms with Crippen molar-refractivity contribution < 1.29 is 14.6 Å².